The van der Waals surface area contributed by atoms with Gasteiger partial charge in [0.15, 0.2) is 11.5 Å². The van der Waals surface area contributed by atoms with Crippen LogP contribution in [0.15, 0.2) is 36.4 Å². The van der Waals surface area contributed by atoms with Crippen molar-refractivity contribution in [3.8, 4) is 0 Å². The molecule has 3 rings (SSSR count). The highest BCUT2D eigenvalue weighted by molar-refractivity contribution is 5.44. The van der Waals surface area contributed by atoms with Gasteiger partial charge in [-0.05, 0) is 31.5 Å². The molecule has 0 saturated carbocycles. The van der Waals surface area contributed by atoms with Gasteiger partial charge in [0.05, 0.1) is 0 Å². The lowest BCUT2D eigenvalue weighted by atomic mass is 10.1. The van der Waals surface area contributed by atoms with Crippen molar-refractivity contribution in [2.24, 2.45) is 0 Å². The Balaban J connectivity index is 1.79. The van der Waals surface area contributed by atoms with Gasteiger partial charge in [0, 0.05) is 6.54 Å². The van der Waals surface area contributed by atoms with E-state index in [0.717, 1.165) is 23.8 Å². The molecule has 5 nitrogen and oxygen atoms in total. The van der Waals surface area contributed by atoms with Gasteiger partial charge < -0.3 is 5.32 Å². The van der Waals surface area contributed by atoms with Crippen molar-refractivity contribution in [3.05, 3.63) is 53.3 Å². The molecular formula is C14H15N5. The van der Waals surface area contributed by atoms with Crippen molar-refractivity contribution in [3.63, 3.8) is 0 Å². The Morgan fingerprint density at radius 2 is 2.00 bits per heavy atom. The van der Waals surface area contributed by atoms with Crippen LogP contribution >= 0.6 is 0 Å². The van der Waals surface area contributed by atoms with E-state index in [4.69, 9.17) is 0 Å². The Bertz CT molecular complexity index is 717. The topological polar surface area (TPSA) is 55.1 Å². The molecule has 5 heteroatoms. The second kappa shape index (κ2) is 4.68. The molecule has 1 N–H and O–H groups in total. The van der Waals surface area contributed by atoms with Crippen LogP contribution < -0.4 is 5.32 Å². The van der Waals surface area contributed by atoms with E-state index in [1.165, 1.54) is 11.1 Å². The Hall–Kier alpha value is -2.43. The molecule has 0 bridgehead atoms. The zero-order valence-electron chi connectivity index (χ0n) is 11.0. The molecule has 0 aliphatic heterocycles. The average molecular weight is 253 g/mol. The number of aryl methyl sites for hydroxylation is 2. The van der Waals surface area contributed by atoms with E-state index in [0.29, 0.717) is 0 Å². The highest BCUT2D eigenvalue weighted by Crippen LogP contribution is 2.09. The fourth-order valence-electron chi connectivity index (χ4n) is 2.01. The quantitative estimate of drug-likeness (QED) is 0.778. The van der Waals surface area contributed by atoms with Crippen LogP contribution in [-0.2, 0) is 6.54 Å². The Morgan fingerprint density at radius 3 is 2.84 bits per heavy atom. The molecule has 0 atom stereocenters. The summed E-state index contributed by atoms with van der Waals surface area (Å²) in [4.78, 5) is 0. The first-order chi connectivity index (χ1) is 9.22. The number of fused-ring (bicyclic) bond motifs is 1. The molecule has 1 aromatic carbocycles. The van der Waals surface area contributed by atoms with E-state index in [1.54, 1.807) is 4.52 Å². The molecule has 0 saturated heterocycles. The van der Waals surface area contributed by atoms with Crippen molar-refractivity contribution in [2.75, 3.05) is 5.32 Å². The first kappa shape index (κ1) is 11.6. The van der Waals surface area contributed by atoms with Crippen LogP contribution in [0.4, 0.5) is 5.82 Å². The summed E-state index contributed by atoms with van der Waals surface area (Å²) in [7, 11) is 0. The number of rotatable bonds is 3. The monoisotopic (exact) mass is 253 g/mol. The number of aromatic nitrogens is 4. The highest BCUT2D eigenvalue weighted by atomic mass is 15.4. The first-order valence-electron chi connectivity index (χ1n) is 6.21. The average Bonchev–Trinajstić information content (AvgIpc) is 2.78. The third kappa shape index (κ3) is 2.40. The zero-order valence-corrected chi connectivity index (χ0v) is 11.0. The Morgan fingerprint density at radius 1 is 1.11 bits per heavy atom. The van der Waals surface area contributed by atoms with Crippen molar-refractivity contribution in [1.29, 1.82) is 0 Å². The van der Waals surface area contributed by atoms with Crippen LogP contribution in [0.5, 0.6) is 0 Å². The van der Waals surface area contributed by atoms with Gasteiger partial charge in [-0.2, -0.15) is 4.52 Å². The summed E-state index contributed by atoms with van der Waals surface area (Å²) < 4.78 is 1.73. The maximum absolute atomic E-state index is 4.45. The molecule has 0 aliphatic rings. The van der Waals surface area contributed by atoms with E-state index in [1.807, 2.05) is 19.1 Å². The molecule has 0 amide bonds. The van der Waals surface area contributed by atoms with Crippen LogP contribution in [0.2, 0.25) is 0 Å². The van der Waals surface area contributed by atoms with Crippen molar-refractivity contribution < 1.29 is 0 Å². The normalized spacial score (nSPS) is 10.8. The summed E-state index contributed by atoms with van der Waals surface area (Å²) in [5.74, 6) is 1.60. The third-order valence-electron chi connectivity index (χ3n) is 2.97. The number of nitrogens with one attached hydrogen (secondary N) is 1. The maximum atomic E-state index is 4.45. The Labute approximate surface area is 111 Å². The molecular weight excluding hydrogens is 238 g/mol. The fourth-order valence-corrected chi connectivity index (χ4v) is 2.01. The van der Waals surface area contributed by atoms with Crippen molar-refractivity contribution in [1.82, 2.24) is 19.8 Å². The SMILES string of the molecule is Cc1cccc(CNc2ccc3nnc(C)n3n2)c1. The molecule has 0 spiro atoms. The molecule has 0 radical (unpaired) electrons. The fraction of sp³-hybridized carbons (Fsp3) is 0.214. The minimum atomic E-state index is 0.751. The van der Waals surface area contributed by atoms with Gasteiger partial charge in [0.1, 0.15) is 5.82 Å². The van der Waals surface area contributed by atoms with Gasteiger partial charge in [0.2, 0.25) is 0 Å². The van der Waals surface area contributed by atoms with E-state index in [2.05, 4.69) is 51.8 Å². The van der Waals surface area contributed by atoms with Crippen molar-refractivity contribution in [2.45, 2.75) is 20.4 Å². The van der Waals surface area contributed by atoms with Gasteiger partial charge in [-0.3, -0.25) is 0 Å². The standard InChI is InChI=1S/C14H15N5/c1-10-4-3-5-12(8-10)9-15-13-6-7-14-17-16-11(2)19(14)18-13/h3-8H,9H2,1-2H3,(H,15,18). The van der Waals surface area contributed by atoms with Gasteiger partial charge in [-0.15, -0.1) is 15.3 Å². The molecule has 96 valence electrons. The van der Waals surface area contributed by atoms with Crippen LogP contribution in [0.25, 0.3) is 5.65 Å². The number of hydrogen-bond acceptors (Lipinski definition) is 4. The van der Waals surface area contributed by atoms with Gasteiger partial charge in [0.25, 0.3) is 0 Å². The highest BCUT2D eigenvalue weighted by Gasteiger charge is 2.03. The van der Waals surface area contributed by atoms with E-state index >= 15 is 0 Å². The lowest BCUT2D eigenvalue weighted by Crippen LogP contribution is -2.04. The van der Waals surface area contributed by atoms with Gasteiger partial charge in [-0.25, -0.2) is 0 Å². The van der Waals surface area contributed by atoms with Gasteiger partial charge in [-0.1, -0.05) is 29.8 Å². The molecule has 3 aromatic rings. The van der Waals surface area contributed by atoms with Crippen LogP contribution in [-0.4, -0.2) is 19.8 Å². The number of hydrogen-bond donors (Lipinski definition) is 1. The number of nitrogens with zero attached hydrogens (tertiary/aromatic N) is 4. The molecule has 0 fully saturated rings. The summed E-state index contributed by atoms with van der Waals surface area (Å²) in [6.07, 6.45) is 0. The molecule has 2 heterocycles. The number of benzene rings is 1. The minimum absolute atomic E-state index is 0.751. The summed E-state index contributed by atoms with van der Waals surface area (Å²) >= 11 is 0. The second-order valence-corrected chi connectivity index (χ2v) is 4.58. The van der Waals surface area contributed by atoms with E-state index in [9.17, 15) is 0 Å². The molecule has 19 heavy (non-hydrogen) atoms. The predicted molar refractivity (Wildman–Crippen MR) is 74.0 cm³/mol. The van der Waals surface area contributed by atoms with E-state index < -0.39 is 0 Å². The summed E-state index contributed by atoms with van der Waals surface area (Å²) in [5, 5.41) is 15.8. The predicted octanol–water partition coefficient (Wildman–Crippen LogP) is 2.35. The first-order valence-corrected chi connectivity index (χ1v) is 6.21. The zero-order chi connectivity index (χ0) is 13.2. The third-order valence-corrected chi connectivity index (χ3v) is 2.97. The van der Waals surface area contributed by atoms with Crippen LogP contribution in [0.1, 0.15) is 17.0 Å². The molecule has 2 aromatic heterocycles. The largest absolute Gasteiger partial charge is 0.365 e. The van der Waals surface area contributed by atoms with Gasteiger partial charge >= 0.3 is 0 Å². The maximum Gasteiger partial charge on any atom is 0.178 e. The molecule has 0 aliphatic carbocycles. The van der Waals surface area contributed by atoms with E-state index in [-0.39, 0.29) is 0 Å². The summed E-state index contributed by atoms with van der Waals surface area (Å²) in [5.41, 5.74) is 3.26. The smallest absolute Gasteiger partial charge is 0.178 e. The number of anilines is 1. The van der Waals surface area contributed by atoms with Crippen LogP contribution in [0.3, 0.4) is 0 Å². The minimum Gasteiger partial charge on any atom is -0.365 e. The lowest BCUT2D eigenvalue weighted by molar-refractivity contribution is 0.871. The molecule has 0 unspecified atom stereocenters. The lowest BCUT2D eigenvalue weighted by Gasteiger charge is -2.06. The van der Waals surface area contributed by atoms with Crippen LogP contribution in [0, 0.1) is 13.8 Å². The van der Waals surface area contributed by atoms with Crippen molar-refractivity contribution >= 4 is 11.5 Å². The Kier molecular flexibility index (Phi) is 2.87. The summed E-state index contributed by atoms with van der Waals surface area (Å²) in [6.45, 7) is 4.73. The second-order valence-electron chi connectivity index (χ2n) is 4.58. The summed E-state index contributed by atoms with van der Waals surface area (Å²) in [6, 6.07) is 12.2.